The smallest absolute Gasteiger partial charge is 0.306 e. The Balaban J connectivity index is 0.767. The maximum absolute atomic E-state index is 13.2. The Hall–Kier alpha value is -1.58. The molecule has 0 aromatic rings. The van der Waals surface area contributed by atoms with Crippen molar-refractivity contribution in [1.82, 2.24) is 0 Å². The number of rotatable bonds is 16. The van der Waals surface area contributed by atoms with Crippen LogP contribution in [0.2, 0.25) is 0 Å². The van der Waals surface area contributed by atoms with Gasteiger partial charge < -0.3 is 9.47 Å². The van der Waals surface area contributed by atoms with E-state index in [1.807, 2.05) is 0 Å². The van der Waals surface area contributed by atoms with Crippen LogP contribution in [0.25, 0.3) is 0 Å². The van der Waals surface area contributed by atoms with Gasteiger partial charge in [0.1, 0.15) is 12.2 Å². The molecule has 4 heteroatoms. The Morgan fingerprint density at radius 2 is 0.937 bits per heavy atom. The molecule has 0 aliphatic heterocycles. The van der Waals surface area contributed by atoms with Crippen molar-refractivity contribution >= 4 is 11.9 Å². The number of hydrogen-bond donors (Lipinski definition) is 0. The molecule has 8 rings (SSSR count). The summed E-state index contributed by atoms with van der Waals surface area (Å²) in [6, 6.07) is 0. The number of fused-ring (bicyclic) bond motifs is 10. The van der Waals surface area contributed by atoms with Crippen molar-refractivity contribution in [1.29, 1.82) is 0 Å². The molecule has 0 unspecified atom stereocenters. The molecule has 0 bridgehead atoms. The van der Waals surface area contributed by atoms with Crippen LogP contribution in [0.3, 0.4) is 0 Å². The lowest BCUT2D eigenvalue weighted by Gasteiger charge is -2.58. The zero-order chi connectivity index (χ0) is 44.9. The molecule has 0 aromatic carbocycles. The van der Waals surface area contributed by atoms with Gasteiger partial charge in [-0.15, -0.1) is 0 Å². The largest absolute Gasteiger partial charge is 0.462 e. The Morgan fingerprint density at radius 3 is 1.33 bits per heavy atom. The summed E-state index contributed by atoms with van der Waals surface area (Å²) in [5.74, 6) is 9.78. The molecule has 356 valence electrons. The summed E-state index contributed by atoms with van der Waals surface area (Å²) in [7, 11) is 0. The van der Waals surface area contributed by atoms with Crippen LogP contribution in [-0.2, 0) is 19.1 Å². The SMILES string of the molecule is CC(C)CCC[C@@H](C)[C@H]1CC[C@H]2[C@@H]3CC=C4C[C@@H](OC(=O)CCCC(=O)O[C@H]5CC[C@@]6(C)C(=CC[C@H]7[C@@H]8CC[C@H]([C@H](C)CCCC(C)C)[C@@]8(C)CC[C@@H]76)C5)CC[C@]4(C)[C@H]3CC[C@]12C. The Labute approximate surface area is 387 Å². The van der Waals surface area contributed by atoms with Crippen LogP contribution >= 0.6 is 0 Å². The van der Waals surface area contributed by atoms with Crippen molar-refractivity contribution in [3.05, 3.63) is 23.3 Å². The highest BCUT2D eigenvalue weighted by Crippen LogP contribution is 2.69. The van der Waals surface area contributed by atoms with Crippen molar-refractivity contribution in [3.63, 3.8) is 0 Å². The molecule has 0 heterocycles. The minimum atomic E-state index is -0.133. The van der Waals surface area contributed by atoms with E-state index in [2.05, 4.69) is 81.4 Å². The third-order valence-electron chi connectivity index (χ3n) is 21.9. The van der Waals surface area contributed by atoms with Gasteiger partial charge in [0.2, 0.25) is 0 Å². The summed E-state index contributed by atoms with van der Waals surface area (Å²) in [5.41, 5.74) is 4.69. The van der Waals surface area contributed by atoms with Crippen molar-refractivity contribution in [2.24, 2.45) is 92.7 Å². The monoisotopic (exact) mass is 869 g/mol. The molecule has 0 N–H and O–H groups in total. The number of carbonyl (C=O) groups excluding carboxylic acids is 2. The van der Waals surface area contributed by atoms with Crippen LogP contribution in [0.1, 0.15) is 230 Å². The highest BCUT2D eigenvalue weighted by atomic mass is 16.5. The van der Waals surface area contributed by atoms with Crippen molar-refractivity contribution in [3.8, 4) is 0 Å². The Morgan fingerprint density at radius 1 is 0.524 bits per heavy atom. The first-order chi connectivity index (χ1) is 30.0. The molecule has 4 nitrogen and oxygen atoms in total. The average Bonchev–Trinajstić information content (AvgIpc) is 3.77. The standard InChI is InChI=1S/C59H96O4/c1-38(2)14-11-16-40(5)48-24-26-50-46-22-20-42-36-44(28-32-56(42,7)52(46)30-34-58(48,50)9)62-54(60)18-13-19-55(61)63-45-29-33-57(8)43(37-45)21-23-47-51-27-25-49(41(6)17-12-15-39(3)4)59(51,10)35-31-53(47)57/h20-21,38-41,44-53H,11-19,22-37H2,1-10H3/t40-,41-,44+,45+,46+,47+,48-,49-,50+,51+,52+,53+,56+,57+,58-,59-/m1/s1. The lowest BCUT2D eigenvalue weighted by Crippen LogP contribution is -2.51. The van der Waals surface area contributed by atoms with E-state index >= 15 is 0 Å². The van der Waals surface area contributed by atoms with Crippen molar-refractivity contribution in [2.45, 2.75) is 242 Å². The molecule has 8 aliphatic rings. The fraction of sp³-hybridized carbons (Fsp3) is 0.898. The van der Waals surface area contributed by atoms with Crippen LogP contribution in [0.5, 0.6) is 0 Å². The van der Waals surface area contributed by atoms with Gasteiger partial charge in [-0.3, -0.25) is 9.59 Å². The molecular formula is C59H96O4. The van der Waals surface area contributed by atoms with Gasteiger partial charge in [0.25, 0.3) is 0 Å². The summed E-state index contributed by atoms with van der Waals surface area (Å²) in [6.45, 7) is 25.2. The molecule has 63 heavy (non-hydrogen) atoms. The van der Waals surface area contributed by atoms with Gasteiger partial charge in [0.05, 0.1) is 0 Å². The minimum absolute atomic E-state index is 0.0206. The lowest BCUT2D eigenvalue weighted by molar-refractivity contribution is -0.153. The van der Waals surface area contributed by atoms with E-state index < -0.39 is 0 Å². The summed E-state index contributed by atoms with van der Waals surface area (Å²) in [6.07, 6.45) is 34.4. The molecule has 0 radical (unpaired) electrons. The van der Waals surface area contributed by atoms with E-state index in [4.69, 9.17) is 9.47 Å². The normalized spacial score (nSPS) is 42.7. The molecule has 0 aromatic heterocycles. The first-order valence-electron chi connectivity index (χ1n) is 27.7. The maximum atomic E-state index is 13.2. The van der Waals surface area contributed by atoms with Crippen LogP contribution in [0, 0.1) is 92.7 Å². The third kappa shape index (κ3) is 9.36. The molecule has 0 spiro atoms. The molecule has 6 fully saturated rings. The molecule has 0 saturated heterocycles. The van der Waals surface area contributed by atoms with Crippen molar-refractivity contribution in [2.75, 3.05) is 0 Å². The Kier molecular flexibility index (Phi) is 14.6. The van der Waals surface area contributed by atoms with Crippen LogP contribution in [0.4, 0.5) is 0 Å². The second kappa shape index (κ2) is 19.2. The average molecular weight is 869 g/mol. The predicted molar refractivity (Wildman–Crippen MR) is 260 cm³/mol. The fourth-order valence-electron chi connectivity index (χ4n) is 18.4. The number of esters is 2. The van der Waals surface area contributed by atoms with Gasteiger partial charge in [0.15, 0.2) is 0 Å². The number of hydrogen-bond acceptors (Lipinski definition) is 4. The van der Waals surface area contributed by atoms with Crippen molar-refractivity contribution < 1.29 is 19.1 Å². The number of allylic oxidation sites excluding steroid dienone is 2. The third-order valence-corrected chi connectivity index (χ3v) is 21.9. The second-order valence-electron chi connectivity index (χ2n) is 26.1. The highest BCUT2D eigenvalue weighted by Gasteiger charge is 2.61. The van der Waals surface area contributed by atoms with Crippen LogP contribution < -0.4 is 0 Å². The minimum Gasteiger partial charge on any atom is -0.462 e. The summed E-state index contributed by atoms with van der Waals surface area (Å²) >= 11 is 0. The summed E-state index contributed by atoms with van der Waals surface area (Å²) in [5, 5.41) is 0. The lowest BCUT2D eigenvalue weighted by atomic mass is 9.47. The van der Waals surface area contributed by atoms with Gasteiger partial charge in [-0.1, -0.05) is 131 Å². The summed E-state index contributed by atoms with van der Waals surface area (Å²) < 4.78 is 12.3. The predicted octanol–water partition coefficient (Wildman–Crippen LogP) is 16.1. The van der Waals surface area contributed by atoms with E-state index in [1.54, 1.807) is 11.1 Å². The van der Waals surface area contributed by atoms with Crippen LogP contribution in [-0.4, -0.2) is 24.1 Å². The maximum Gasteiger partial charge on any atom is 0.306 e. The molecule has 6 saturated carbocycles. The van der Waals surface area contributed by atoms with E-state index in [9.17, 15) is 9.59 Å². The summed E-state index contributed by atoms with van der Waals surface area (Å²) in [4.78, 5) is 26.4. The first kappa shape index (κ1) is 47.9. The zero-order valence-corrected chi connectivity index (χ0v) is 42.5. The second-order valence-corrected chi connectivity index (χ2v) is 26.1. The number of carbonyl (C=O) groups is 2. The number of ether oxygens (including phenoxy) is 2. The first-order valence-corrected chi connectivity index (χ1v) is 27.7. The van der Waals surface area contributed by atoms with Gasteiger partial charge in [-0.2, -0.15) is 0 Å². The van der Waals surface area contributed by atoms with Gasteiger partial charge >= 0.3 is 11.9 Å². The molecule has 0 amide bonds. The van der Waals surface area contributed by atoms with E-state index in [0.29, 0.717) is 30.1 Å². The molecular weight excluding hydrogens is 773 g/mol. The fourth-order valence-corrected chi connectivity index (χ4v) is 18.4. The van der Waals surface area contributed by atoms with E-state index in [-0.39, 0.29) is 35.0 Å². The van der Waals surface area contributed by atoms with Gasteiger partial charge in [0, 0.05) is 25.7 Å². The zero-order valence-electron chi connectivity index (χ0n) is 42.5. The molecule has 8 aliphatic carbocycles. The quantitative estimate of drug-likeness (QED) is 0.115. The van der Waals surface area contributed by atoms with E-state index in [0.717, 1.165) is 110 Å². The molecule has 16 atom stereocenters. The topological polar surface area (TPSA) is 52.6 Å². The van der Waals surface area contributed by atoms with Gasteiger partial charge in [-0.05, 0) is 189 Å². The van der Waals surface area contributed by atoms with E-state index in [1.165, 1.54) is 103 Å². The Bertz CT molecular complexity index is 1550. The van der Waals surface area contributed by atoms with Gasteiger partial charge in [-0.25, -0.2) is 0 Å². The van der Waals surface area contributed by atoms with Crippen LogP contribution in [0.15, 0.2) is 23.3 Å². The highest BCUT2D eigenvalue weighted by molar-refractivity contribution is 5.72.